The number of carbonyl (C=O) groups excluding carboxylic acids is 3. The molecule has 4 aromatic rings. The number of nitrogens with zero attached hydrogens (tertiary/aromatic N) is 4. The largest absolute Gasteiger partial charge is 0.481 e. The number of halogens is 1. The molecular weight excluding hydrogens is 555 g/mol. The van der Waals surface area contributed by atoms with Crippen molar-refractivity contribution in [2.45, 2.75) is 45.9 Å². The number of amides is 1. The lowest BCUT2D eigenvalue weighted by molar-refractivity contribution is -0.134. The van der Waals surface area contributed by atoms with Crippen LogP contribution in [0.2, 0.25) is 0 Å². The van der Waals surface area contributed by atoms with Crippen molar-refractivity contribution in [3.05, 3.63) is 100.0 Å². The van der Waals surface area contributed by atoms with E-state index in [1.54, 1.807) is 18.3 Å². The number of imidazole rings is 1. The highest BCUT2D eigenvalue weighted by atomic mass is 19.1. The molecule has 1 fully saturated rings. The van der Waals surface area contributed by atoms with Crippen LogP contribution in [0.25, 0.3) is 5.78 Å². The summed E-state index contributed by atoms with van der Waals surface area (Å²) in [5, 5.41) is 0. The van der Waals surface area contributed by atoms with E-state index in [1.807, 2.05) is 23.1 Å². The minimum absolute atomic E-state index is 0.00545. The number of aldehydes is 1. The van der Waals surface area contributed by atoms with Crippen molar-refractivity contribution in [2.24, 2.45) is 11.8 Å². The van der Waals surface area contributed by atoms with Crippen LogP contribution in [0.3, 0.4) is 0 Å². The summed E-state index contributed by atoms with van der Waals surface area (Å²) in [5.41, 5.74) is 0.241. The first-order valence-electron chi connectivity index (χ1n) is 14.2. The molecule has 1 unspecified atom stereocenters. The highest BCUT2D eigenvalue weighted by Gasteiger charge is 2.28. The van der Waals surface area contributed by atoms with Gasteiger partial charge in [-0.2, -0.15) is 0 Å². The summed E-state index contributed by atoms with van der Waals surface area (Å²) in [6, 6.07) is 14.5. The van der Waals surface area contributed by atoms with Gasteiger partial charge >= 0.3 is 11.5 Å². The van der Waals surface area contributed by atoms with Crippen LogP contribution in [0.4, 0.5) is 4.39 Å². The number of piperidine rings is 1. The highest BCUT2D eigenvalue weighted by Crippen LogP contribution is 2.22. The molecule has 0 spiro atoms. The van der Waals surface area contributed by atoms with Gasteiger partial charge in [0.15, 0.2) is 18.1 Å². The molecule has 3 atom stereocenters. The van der Waals surface area contributed by atoms with Gasteiger partial charge in [-0.25, -0.2) is 18.6 Å². The Morgan fingerprint density at radius 1 is 1.02 bits per heavy atom. The molecule has 0 radical (unpaired) electrons. The normalized spacial score (nSPS) is 17.4. The van der Waals surface area contributed by atoms with Crippen LogP contribution in [0.5, 0.6) is 5.75 Å². The Morgan fingerprint density at radius 2 is 1.72 bits per heavy atom. The van der Waals surface area contributed by atoms with Gasteiger partial charge in [0.05, 0.1) is 0 Å². The van der Waals surface area contributed by atoms with E-state index in [1.165, 1.54) is 39.4 Å². The number of ether oxygens (including phenoxy) is 2. The van der Waals surface area contributed by atoms with Crippen LogP contribution in [-0.2, 0) is 33.9 Å². The Bertz CT molecular complexity index is 1660. The van der Waals surface area contributed by atoms with Crippen LogP contribution in [-0.4, -0.2) is 56.2 Å². The number of esters is 1. The van der Waals surface area contributed by atoms with E-state index in [9.17, 15) is 23.6 Å². The molecule has 1 aliphatic rings. The summed E-state index contributed by atoms with van der Waals surface area (Å²) >= 11 is 0. The first-order valence-corrected chi connectivity index (χ1v) is 14.2. The van der Waals surface area contributed by atoms with Gasteiger partial charge in [0.1, 0.15) is 19.0 Å². The third kappa shape index (κ3) is 6.99. The maximum absolute atomic E-state index is 13.6. The summed E-state index contributed by atoms with van der Waals surface area (Å²) in [6.45, 7) is 5.40. The van der Waals surface area contributed by atoms with E-state index in [0.29, 0.717) is 36.8 Å². The van der Waals surface area contributed by atoms with Gasteiger partial charge in [0, 0.05) is 31.9 Å². The molecule has 224 valence electrons. The van der Waals surface area contributed by atoms with E-state index in [2.05, 4.69) is 18.8 Å². The topological polar surface area (TPSA) is 112 Å². The third-order valence-corrected chi connectivity index (χ3v) is 7.41. The second-order valence-electron chi connectivity index (χ2n) is 11.1. The number of hydrogen-bond acceptors (Lipinski definition) is 7. The molecule has 1 aliphatic heterocycles. The molecule has 3 heterocycles. The Kier molecular flexibility index (Phi) is 8.98. The average Bonchev–Trinajstić information content (AvgIpc) is 3.39. The minimum Gasteiger partial charge on any atom is -0.481 e. The molecule has 0 aliphatic carbocycles. The van der Waals surface area contributed by atoms with Gasteiger partial charge in [0.25, 0.3) is 0 Å². The lowest BCUT2D eigenvalue weighted by atomic mass is 9.92. The second kappa shape index (κ2) is 13.0. The summed E-state index contributed by atoms with van der Waals surface area (Å²) < 4.78 is 27.3. The molecule has 0 bridgehead atoms. The van der Waals surface area contributed by atoms with Gasteiger partial charge in [-0.05, 0) is 41.5 Å². The fourth-order valence-electron chi connectivity index (χ4n) is 5.45. The van der Waals surface area contributed by atoms with Crippen molar-refractivity contribution in [3.63, 3.8) is 0 Å². The highest BCUT2D eigenvalue weighted by molar-refractivity contribution is 5.91. The van der Waals surface area contributed by atoms with Crippen molar-refractivity contribution in [3.8, 4) is 5.75 Å². The lowest BCUT2D eigenvalue weighted by Gasteiger charge is -2.35. The molecule has 43 heavy (non-hydrogen) atoms. The lowest BCUT2D eigenvalue weighted by Crippen LogP contribution is -2.44. The van der Waals surface area contributed by atoms with Gasteiger partial charge in [-0.15, -0.1) is 0 Å². The summed E-state index contributed by atoms with van der Waals surface area (Å²) in [6.07, 6.45) is 3.29. The number of rotatable bonds is 10. The summed E-state index contributed by atoms with van der Waals surface area (Å²) in [4.78, 5) is 58.4. The Hall–Kier alpha value is -4.80. The zero-order valence-corrected chi connectivity index (χ0v) is 24.0. The molecule has 0 saturated carbocycles. The quantitative estimate of drug-likeness (QED) is 0.205. The van der Waals surface area contributed by atoms with Crippen molar-refractivity contribution in [1.29, 1.82) is 0 Å². The fourth-order valence-corrected chi connectivity index (χ4v) is 5.45. The van der Waals surface area contributed by atoms with E-state index in [0.717, 1.165) is 12.0 Å². The molecule has 2 aromatic heterocycles. The summed E-state index contributed by atoms with van der Waals surface area (Å²) in [5.74, 6) is -1.15. The van der Waals surface area contributed by atoms with Crippen LogP contribution in [0, 0.1) is 17.7 Å². The minimum atomic E-state index is -1.23. The predicted molar refractivity (Wildman–Crippen MR) is 155 cm³/mol. The van der Waals surface area contributed by atoms with Gasteiger partial charge in [0.2, 0.25) is 17.4 Å². The first kappa shape index (κ1) is 29.7. The molecule has 10 nitrogen and oxygen atoms in total. The van der Waals surface area contributed by atoms with Crippen LogP contribution in [0.15, 0.2) is 71.8 Å². The van der Waals surface area contributed by atoms with Gasteiger partial charge < -0.3 is 18.9 Å². The Labute approximate surface area is 247 Å². The fraction of sp³-hybridized carbons (Fsp3) is 0.344. The van der Waals surface area contributed by atoms with Gasteiger partial charge in [-0.1, -0.05) is 56.3 Å². The zero-order valence-electron chi connectivity index (χ0n) is 24.0. The number of fused-ring (bicyclic) bond motifs is 1. The van der Waals surface area contributed by atoms with E-state index in [4.69, 9.17) is 9.47 Å². The maximum Gasteiger partial charge on any atom is 0.361 e. The van der Waals surface area contributed by atoms with Crippen LogP contribution in [0.1, 0.15) is 41.9 Å². The van der Waals surface area contributed by atoms with E-state index in [-0.39, 0.29) is 37.0 Å². The van der Waals surface area contributed by atoms with E-state index >= 15 is 0 Å². The van der Waals surface area contributed by atoms with Gasteiger partial charge in [-0.3, -0.25) is 14.4 Å². The monoisotopic (exact) mass is 588 g/mol. The number of carbonyl (C=O) groups is 3. The second-order valence-corrected chi connectivity index (χ2v) is 11.1. The van der Waals surface area contributed by atoms with Crippen molar-refractivity contribution < 1.29 is 28.2 Å². The van der Waals surface area contributed by atoms with Crippen molar-refractivity contribution >= 4 is 23.9 Å². The predicted octanol–water partition coefficient (Wildman–Crippen LogP) is 3.69. The SMILES string of the molecule is C[C@@H]1C[C@@H](C)CN(C(=O)Cn2ccn3c(=O)c(OCc4ccccc4)c(C(=O)OC(C=O)Cc4ccc(F)cc4)nc23)C1. The molecule has 0 N–H and O–H groups in total. The molecule has 5 rings (SSSR count). The summed E-state index contributed by atoms with van der Waals surface area (Å²) in [7, 11) is 0. The molecule has 11 heteroatoms. The molecular formula is C32H33FN4O6. The molecule has 1 saturated heterocycles. The number of hydrogen-bond donors (Lipinski definition) is 0. The van der Waals surface area contributed by atoms with Crippen LogP contribution >= 0.6 is 0 Å². The Balaban J connectivity index is 1.46. The van der Waals surface area contributed by atoms with Crippen molar-refractivity contribution in [2.75, 3.05) is 13.1 Å². The Morgan fingerprint density at radius 3 is 2.40 bits per heavy atom. The zero-order chi connectivity index (χ0) is 30.5. The molecule has 2 aromatic carbocycles. The number of likely N-dealkylation sites (tertiary alicyclic amines) is 1. The molecule has 1 amide bonds. The smallest absolute Gasteiger partial charge is 0.361 e. The maximum atomic E-state index is 13.6. The number of benzene rings is 2. The first-order chi connectivity index (χ1) is 20.7. The average molecular weight is 589 g/mol. The number of aromatic nitrogens is 3. The van der Waals surface area contributed by atoms with E-state index < -0.39 is 29.1 Å². The standard InChI is InChI=1S/C32H33FN4O6/c1-21-14-22(2)17-36(16-21)27(39)18-35-12-13-37-30(40)29(42-20-24-6-4-3-5-7-24)28(34-32(35)37)31(41)43-26(19-38)15-23-8-10-25(33)11-9-23/h3-13,19,21-22,26H,14-18,20H2,1-2H3/t21-,22-,26?/m1/s1. The van der Waals surface area contributed by atoms with Crippen LogP contribution < -0.4 is 10.3 Å². The third-order valence-electron chi connectivity index (χ3n) is 7.41. The van der Waals surface area contributed by atoms with Crippen molar-refractivity contribution in [1.82, 2.24) is 18.9 Å².